The first-order chi connectivity index (χ1) is 14.8. The number of nitrogens with zero attached hydrogens (tertiary/aromatic N) is 3. The van der Waals surface area contributed by atoms with Crippen LogP contribution in [0.2, 0.25) is 0 Å². The number of halogens is 2. The monoisotopic (exact) mass is 436 g/mol. The molecule has 31 heavy (non-hydrogen) atoms. The second kappa shape index (κ2) is 10.2. The lowest BCUT2D eigenvalue weighted by Crippen LogP contribution is -2.57. The maximum absolute atomic E-state index is 13.9. The molecule has 0 aliphatic carbocycles. The number of nitrogens with one attached hydrogen (secondary N) is 1. The number of amides is 3. The Morgan fingerprint density at radius 1 is 0.935 bits per heavy atom. The number of rotatable bonds is 6. The molecule has 0 bridgehead atoms. The molecule has 0 radical (unpaired) electrons. The molecule has 3 amide bonds. The third kappa shape index (κ3) is 5.58. The Bertz CT molecular complexity index is 799. The van der Waals surface area contributed by atoms with Crippen LogP contribution in [0.5, 0.6) is 0 Å². The molecule has 9 heteroatoms. The van der Waals surface area contributed by atoms with Crippen molar-refractivity contribution in [2.24, 2.45) is 5.92 Å². The molecule has 1 N–H and O–H groups in total. The first-order valence-corrected chi connectivity index (χ1v) is 10.8. The second-order valence-electron chi connectivity index (χ2n) is 8.48. The van der Waals surface area contributed by atoms with Gasteiger partial charge in [0, 0.05) is 39.3 Å². The van der Waals surface area contributed by atoms with E-state index in [-0.39, 0.29) is 17.7 Å². The summed E-state index contributed by atoms with van der Waals surface area (Å²) in [6, 6.07) is 2.30. The minimum Gasteiger partial charge on any atom is -0.342 e. The Hall–Kier alpha value is -2.55. The maximum atomic E-state index is 13.9. The Labute approximate surface area is 181 Å². The van der Waals surface area contributed by atoms with E-state index in [1.807, 2.05) is 9.80 Å². The van der Waals surface area contributed by atoms with Crippen molar-refractivity contribution in [3.8, 4) is 0 Å². The summed E-state index contributed by atoms with van der Waals surface area (Å²) in [4.78, 5) is 43.4. The van der Waals surface area contributed by atoms with E-state index in [0.717, 1.165) is 38.1 Å². The first-order valence-electron chi connectivity index (χ1n) is 10.8. The van der Waals surface area contributed by atoms with Crippen molar-refractivity contribution >= 4 is 17.7 Å². The Morgan fingerprint density at radius 2 is 1.52 bits per heavy atom. The number of benzene rings is 1. The first kappa shape index (κ1) is 23.1. The number of hydrogen-bond donors (Lipinski definition) is 1. The van der Waals surface area contributed by atoms with Gasteiger partial charge in [-0.15, -0.1) is 0 Å². The highest BCUT2D eigenvalue weighted by Gasteiger charge is 2.32. The van der Waals surface area contributed by atoms with Gasteiger partial charge in [-0.05, 0) is 30.9 Å². The fourth-order valence-electron chi connectivity index (χ4n) is 4.02. The molecule has 0 aromatic heterocycles. The van der Waals surface area contributed by atoms with Crippen molar-refractivity contribution < 1.29 is 23.2 Å². The molecule has 0 saturated carbocycles. The summed E-state index contributed by atoms with van der Waals surface area (Å²) in [6.07, 6.45) is 2.10. The van der Waals surface area contributed by atoms with Gasteiger partial charge >= 0.3 is 0 Å². The topological polar surface area (TPSA) is 73.0 Å². The van der Waals surface area contributed by atoms with Gasteiger partial charge in [-0.1, -0.05) is 19.9 Å². The van der Waals surface area contributed by atoms with Gasteiger partial charge in [0.05, 0.1) is 6.54 Å². The number of likely N-dealkylation sites (tertiary alicyclic amines) is 1. The smallest absolute Gasteiger partial charge is 0.257 e. The standard InChI is InChI=1S/C22H30F2N4O3/c1-15(2)20(25-21(30)19-16(23)6-5-7-17(19)24)22(31)28-12-10-26(11-13-28)14-18(29)27-8-3-4-9-27/h5-7,15,20H,3-4,8-14H2,1-2H3,(H,25,30)/t20-/m0/s1. The third-order valence-electron chi connectivity index (χ3n) is 5.91. The van der Waals surface area contributed by atoms with Crippen LogP contribution in [-0.4, -0.2) is 84.3 Å². The minimum atomic E-state index is -0.969. The molecule has 3 rings (SSSR count). The van der Waals surface area contributed by atoms with Crippen molar-refractivity contribution in [3.05, 3.63) is 35.4 Å². The largest absolute Gasteiger partial charge is 0.342 e. The highest BCUT2D eigenvalue weighted by atomic mass is 19.1. The molecule has 2 saturated heterocycles. The van der Waals surface area contributed by atoms with Gasteiger partial charge in [-0.3, -0.25) is 19.3 Å². The second-order valence-corrected chi connectivity index (χ2v) is 8.48. The molecule has 1 atom stereocenters. The van der Waals surface area contributed by atoms with Gasteiger partial charge in [-0.2, -0.15) is 0 Å². The third-order valence-corrected chi connectivity index (χ3v) is 5.91. The van der Waals surface area contributed by atoms with E-state index < -0.39 is 29.1 Å². The molecule has 0 spiro atoms. The molecule has 2 heterocycles. The van der Waals surface area contributed by atoms with Gasteiger partial charge in [0.15, 0.2) is 0 Å². The van der Waals surface area contributed by atoms with Gasteiger partial charge < -0.3 is 15.1 Å². The fraction of sp³-hybridized carbons (Fsp3) is 0.591. The number of carbonyl (C=O) groups is 3. The summed E-state index contributed by atoms with van der Waals surface area (Å²) in [5, 5.41) is 2.51. The van der Waals surface area contributed by atoms with Crippen molar-refractivity contribution in [1.29, 1.82) is 0 Å². The quantitative estimate of drug-likeness (QED) is 0.734. The number of piperazine rings is 1. The SMILES string of the molecule is CC(C)[C@H](NC(=O)c1c(F)cccc1F)C(=O)N1CCN(CC(=O)N2CCCC2)CC1. The molecule has 0 unspecified atom stereocenters. The van der Waals surface area contributed by atoms with Crippen LogP contribution < -0.4 is 5.32 Å². The number of carbonyl (C=O) groups excluding carboxylic acids is 3. The molecule has 7 nitrogen and oxygen atoms in total. The fourth-order valence-corrected chi connectivity index (χ4v) is 4.02. The number of hydrogen-bond acceptors (Lipinski definition) is 4. The van der Waals surface area contributed by atoms with E-state index in [1.54, 1.807) is 18.7 Å². The van der Waals surface area contributed by atoms with E-state index in [2.05, 4.69) is 5.32 Å². The van der Waals surface area contributed by atoms with Crippen molar-refractivity contribution in [3.63, 3.8) is 0 Å². The molecule has 2 aliphatic heterocycles. The van der Waals surface area contributed by atoms with E-state index in [9.17, 15) is 23.2 Å². The van der Waals surface area contributed by atoms with E-state index in [4.69, 9.17) is 0 Å². The van der Waals surface area contributed by atoms with Crippen molar-refractivity contribution in [2.45, 2.75) is 32.7 Å². The molecular weight excluding hydrogens is 406 g/mol. The summed E-state index contributed by atoms with van der Waals surface area (Å²) in [5.41, 5.74) is -0.689. The summed E-state index contributed by atoms with van der Waals surface area (Å²) in [6.45, 7) is 7.50. The van der Waals surface area contributed by atoms with Crippen LogP contribution in [0, 0.1) is 17.6 Å². The summed E-state index contributed by atoms with van der Waals surface area (Å²) in [7, 11) is 0. The van der Waals surface area contributed by atoms with Crippen LogP contribution in [0.4, 0.5) is 8.78 Å². The average molecular weight is 437 g/mol. The van der Waals surface area contributed by atoms with Crippen molar-refractivity contribution in [2.75, 3.05) is 45.8 Å². The van der Waals surface area contributed by atoms with Crippen LogP contribution in [0.3, 0.4) is 0 Å². The highest BCUT2D eigenvalue weighted by molar-refractivity contribution is 5.98. The highest BCUT2D eigenvalue weighted by Crippen LogP contribution is 2.15. The summed E-state index contributed by atoms with van der Waals surface area (Å²) >= 11 is 0. The molecule has 1 aromatic carbocycles. The predicted molar refractivity (Wildman–Crippen MR) is 111 cm³/mol. The Morgan fingerprint density at radius 3 is 2.06 bits per heavy atom. The van der Waals surface area contributed by atoms with Crippen LogP contribution >= 0.6 is 0 Å². The van der Waals surface area contributed by atoms with E-state index >= 15 is 0 Å². The zero-order chi connectivity index (χ0) is 22.5. The van der Waals surface area contributed by atoms with Gasteiger partial charge in [0.2, 0.25) is 11.8 Å². The summed E-state index contributed by atoms with van der Waals surface area (Å²) in [5.74, 6) is -3.31. The van der Waals surface area contributed by atoms with Gasteiger partial charge in [-0.25, -0.2) is 8.78 Å². The summed E-state index contributed by atoms with van der Waals surface area (Å²) < 4.78 is 27.9. The Balaban J connectivity index is 1.57. The zero-order valence-corrected chi connectivity index (χ0v) is 18.1. The maximum Gasteiger partial charge on any atom is 0.257 e. The lowest BCUT2D eigenvalue weighted by Gasteiger charge is -2.37. The van der Waals surface area contributed by atoms with Crippen LogP contribution in [0.25, 0.3) is 0 Å². The zero-order valence-electron chi connectivity index (χ0n) is 18.1. The molecular formula is C22H30F2N4O3. The van der Waals surface area contributed by atoms with Crippen LogP contribution in [0.15, 0.2) is 18.2 Å². The lowest BCUT2D eigenvalue weighted by molar-refractivity contribution is -0.137. The van der Waals surface area contributed by atoms with E-state index in [1.165, 1.54) is 6.07 Å². The molecule has 1 aromatic rings. The molecule has 170 valence electrons. The van der Waals surface area contributed by atoms with Crippen LogP contribution in [-0.2, 0) is 9.59 Å². The average Bonchev–Trinajstić information content (AvgIpc) is 3.27. The van der Waals surface area contributed by atoms with E-state index in [0.29, 0.717) is 32.7 Å². The normalized spacial score (nSPS) is 18.4. The van der Waals surface area contributed by atoms with Crippen LogP contribution in [0.1, 0.15) is 37.0 Å². The lowest BCUT2D eigenvalue weighted by atomic mass is 10.0. The minimum absolute atomic E-state index is 0.122. The Kier molecular flexibility index (Phi) is 7.59. The van der Waals surface area contributed by atoms with Gasteiger partial charge in [0.25, 0.3) is 5.91 Å². The van der Waals surface area contributed by atoms with Gasteiger partial charge in [0.1, 0.15) is 23.2 Å². The van der Waals surface area contributed by atoms with Crippen molar-refractivity contribution in [1.82, 2.24) is 20.0 Å². The molecule has 2 aliphatic rings. The predicted octanol–water partition coefficient (Wildman–Crippen LogP) is 1.49. The molecule has 2 fully saturated rings.